The van der Waals surface area contributed by atoms with Gasteiger partial charge < -0.3 is 10.1 Å². The number of carbonyl (C=O) groups is 1. The van der Waals surface area contributed by atoms with E-state index in [0.717, 1.165) is 33.7 Å². The molecule has 31 heavy (non-hydrogen) atoms. The summed E-state index contributed by atoms with van der Waals surface area (Å²) < 4.78 is 7.28. The molecule has 0 saturated carbocycles. The molecular formula is C23H23N5O2S. The average Bonchev–Trinajstić information content (AvgIpc) is 3.22. The number of aryl methyl sites for hydroxylation is 2. The monoisotopic (exact) mass is 433 g/mol. The van der Waals surface area contributed by atoms with Crippen molar-refractivity contribution in [2.75, 3.05) is 17.7 Å². The van der Waals surface area contributed by atoms with Crippen molar-refractivity contribution in [3.8, 4) is 11.4 Å². The lowest BCUT2D eigenvalue weighted by atomic mass is 10.2. The summed E-state index contributed by atoms with van der Waals surface area (Å²) in [6.45, 7) is 6.49. The molecule has 2 aromatic carbocycles. The lowest BCUT2D eigenvalue weighted by Gasteiger charge is -2.09. The predicted molar refractivity (Wildman–Crippen MR) is 123 cm³/mol. The van der Waals surface area contributed by atoms with Crippen LogP contribution in [0.2, 0.25) is 0 Å². The van der Waals surface area contributed by atoms with E-state index in [1.807, 2.05) is 74.0 Å². The maximum atomic E-state index is 12.5. The fourth-order valence-corrected chi connectivity index (χ4v) is 3.92. The van der Waals surface area contributed by atoms with Gasteiger partial charge in [0.15, 0.2) is 0 Å². The second-order valence-electron chi connectivity index (χ2n) is 7.04. The number of carbonyl (C=O) groups excluding carboxylic acids is 1. The van der Waals surface area contributed by atoms with Gasteiger partial charge in [0.1, 0.15) is 16.3 Å². The predicted octanol–water partition coefficient (Wildman–Crippen LogP) is 4.56. The van der Waals surface area contributed by atoms with Gasteiger partial charge in [0.25, 0.3) is 0 Å². The van der Waals surface area contributed by atoms with Gasteiger partial charge in [-0.25, -0.2) is 4.68 Å². The molecule has 0 unspecified atom stereocenters. The second kappa shape index (κ2) is 9.18. The zero-order valence-corrected chi connectivity index (χ0v) is 18.4. The van der Waals surface area contributed by atoms with Crippen LogP contribution < -0.4 is 10.1 Å². The van der Waals surface area contributed by atoms with Crippen molar-refractivity contribution < 1.29 is 9.53 Å². The Labute approximate surface area is 184 Å². The molecule has 4 rings (SSSR count). The van der Waals surface area contributed by atoms with E-state index >= 15 is 0 Å². The number of nitrogens with one attached hydrogen (secondary N) is 1. The Bertz CT molecular complexity index is 1200. The molecule has 0 fully saturated rings. The zero-order valence-electron chi connectivity index (χ0n) is 17.6. The molecule has 7 nitrogen and oxygen atoms in total. The molecule has 0 spiro atoms. The van der Waals surface area contributed by atoms with Gasteiger partial charge in [0, 0.05) is 11.1 Å². The number of hydrogen-bond acceptors (Lipinski definition) is 6. The Morgan fingerprint density at radius 1 is 1.06 bits per heavy atom. The number of amides is 1. The van der Waals surface area contributed by atoms with Crippen molar-refractivity contribution in [1.82, 2.24) is 20.0 Å². The van der Waals surface area contributed by atoms with E-state index in [1.165, 1.54) is 17.3 Å². The van der Waals surface area contributed by atoms with Crippen LogP contribution in [0.1, 0.15) is 18.2 Å². The van der Waals surface area contributed by atoms with Crippen molar-refractivity contribution >= 4 is 34.3 Å². The van der Waals surface area contributed by atoms with Crippen molar-refractivity contribution in [3.63, 3.8) is 0 Å². The van der Waals surface area contributed by atoms with Crippen LogP contribution in [0.15, 0.2) is 59.8 Å². The Morgan fingerprint density at radius 3 is 2.52 bits per heavy atom. The highest BCUT2D eigenvalue weighted by atomic mass is 32.2. The first-order chi connectivity index (χ1) is 15.0. The molecule has 8 heteroatoms. The highest BCUT2D eigenvalue weighted by molar-refractivity contribution is 8.00. The Kier molecular flexibility index (Phi) is 6.18. The van der Waals surface area contributed by atoms with E-state index < -0.39 is 0 Å². The van der Waals surface area contributed by atoms with Crippen LogP contribution in [0.5, 0.6) is 5.75 Å². The van der Waals surface area contributed by atoms with Gasteiger partial charge in [-0.2, -0.15) is 10.2 Å². The number of anilines is 1. The first-order valence-corrected chi connectivity index (χ1v) is 11.0. The quantitative estimate of drug-likeness (QED) is 0.430. The maximum Gasteiger partial charge on any atom is 0.234 e. The van der Waals surface area contributed by atoms with Crippen LogP contribution in [0.25, 0.3) is 16.6 Å². The average molecular weight is 434 g/mol. The second-order valence-corrected chi connectivity index (χ2v) is 8.00. The zero-order chi connectivity index (χ0) is 21.8. The maximum absolute atomic E-state index is 12.5. The molecule has 1 amide bonds. The Balaban J connectivity index is 1.53. The third-order valence-corrected chi connectivity index (χ3v) is 5.67. The number of nitrogens with zero attached hydrogens (tertiary/aromatic N) is 4. The normalized spacial score (nSPS) is 10.9. The van der Waals surface area contributed by atoms with Crippen molar-refractivity contribution in [1.29, 1.82) is 0 Å². The number of fused-ring (bicyclic) bond motifs is 1. The molecule has 0 aliphatic heterocycles. The first-order valence-electron chi connectivity index (χ1n) is 9.98. The number of hydrogen-bond donors (Lipinski definition) is 1. The topological polar surface area (TPSA) is 81.9 Å². The summed E-state index contributed by atoms with van der Waals surface area (Å²) in [6, 6.07) is 15.4. The largest absolute Gasteiger partial charge is 0.494 e. The number of aromatic nitrogens is 4. The molecular weight excluding hydrogens is 410 g/mol. The summed E-state index contributed by atoms with van der Waals surface area (Å²) in [5.41, 5.74) is 4.50. The smallest absolute Gasteiger partial charge is 0.234 e. The van der Waals surface area contributed by atoms with Gasteiger partial charge in [0.05, 0.1) is 29.9 Å². The molecule has 2 aromatic heterocycles. The summed E-state index contributed by atoms with van der Waals surface area (Å²) in [7, 11) is 0. The van der Waals surface area contributed by atoms with Crippen LogP contribution in [0, 0.1) is 13.8 Å². The van der Waals surface area contributed by atoms with Crippen LogP contribution >= 0.6 is 11.8 Å². The standard InChI is InChI=1S/C23H23N5O2S/c1-4-30-19-11-7-17(8-12-19)25-21(29)14-31-23-22-20(16(3)26-27-23)13-24-28(22)18-9-5-15(2)6-10-18/h5-13H,4,14H2,1-3H3,(H,25,29). The lowest BCUT2D eigenvalue weighted by molar-refractivity contribution is -0.113. The van der Waals surface area contributed by atoms with E-state index in [2.05, 4.69) is 20.6 Å². The van der Waals surface area contributed by atoms with Gasteiger partial charge in [0.2, 0.25) is 5.91 Å². The Morgan fingerprint density at radius 2 is 1.81 bits per heavy atom. The Hall–Kier alpha value is -3.39. The molecule has 1 N–H and O–H groups in total. The van der Waals surface area contributed by atoms with Gasteiger partial charge in [-0.1, -0.05) is 29.5 Å². The fraction of sp³-hybridized carbons (Fsp3) is 0.217. The number of rotatable bonds is 7. The minimum absolute atomic E-state index is 0.119. The third kappa shape index (κ3) is 4.69. The van der Waals surface area contributed by atoms with Crippen molar-refractivity contribution in [2.45, 2.75) is 25.8 Å². The van der Waals surface area contributed by atoms with Gasteiger partial charge in [-0.05, 0) is 57.2 Å². The van der Waals surface area contributed by atoms with Gasteiger partial charge in [-0.3, -0.25) is 4.79 Å². The summed E-state index contributed by atoms with van der Waals surface area (Å²) in [5, 5.41) is 17.6. The summed E-state index contributed by atoms with van der Waals surface area (Å²) in [4.78, 5) is 12.5. The molecule has 158 valence electrons. The molecule has 0 atom stereocenters. The number of ether oxygens (including phenoxy) is 1. The molecule has 0 aliphatic rings. The molecule has 0 saturated heterocycles. The van der Waals surface area contributed by atoms with Crippen LogP contribution in [0.4, 0.5) is 5.69 Å². The first kappa shape index (κ1) is 20.9. The molecule has 0 aliphatic carbocycles. The van der Waals surface area contributed by atoms with E-state index in [1.54, 1.807) is 6.20 Å². The number of benzene rings is 2. The van der Waals surface area contributed by atoms with E-state index in [0.29, 0.717) is 11.6 Å². The third-order valence-electron chi connectivity index (χ3n) is 4.72. The van der Waals surface area contributed by atoms with Gasteiger partial charge >= 0.3 is 0 Å². The minimum atomic E-state index is -0.119. The SMILES string of the molecule is CCOc1ccc(NC(=O)CSc2nnc(C)c3cnn(-c4ccc(C)cc4)c23)cc1. The van der Waals surface area contributed by atoms with E-state index in [-0.39, 0.29) is 11.7 Å². The summed E-state index contributed by atoms with van der Waals surface area (Å²) in [5.74, 6) is 0.863. The lowest BCUT2D eigenvalue weighted by Crippen LogP contribution is -2.14. The van der Waals surface area contributed by atoms with Crippen LogP contribution in [-0.2, 0) is 4.79 Å². The summed E-state index contributed by atoms with van der Waals surface area (Å²) in [6.07, 6.45) is 1.79. The minimum Gasteiger partial charge on any atom is -0.494 e. The highest BCUT2D eigenvalue weighted by Crippen LogP contribution is 2.29. The van der Waals surface area contributed by atoms with Crippen LogP contribution in [0.3, 0.4) is 0 Å². The number of thioether (sulfide) groups is 1. The van der Waals surface area contributed by atoms with E-state index in [4.69, 9.17) is 4.74 Å². The van der Waals surface area contributed by atoms with Crippen molar-refractivity contribution in [3.05, 3.63) is 66.0 Å². The molecule has 0 bridgehead atoms. The molecule has 4 aromatic rings. The fourth-order valence-electron chi connectivity index (χ4n) is 3.15. The highest BCUT2D eigenvalue weighted by Gasteiger charge is 2.16. The van der Waals surface area contributed by atoms with Crippen molar-refractivity contribution in [2.24, 2.45) is 0 Å². The van der Waals surface area contributed by atoms with Crippen LogP contribution in [-0.4, -0.2) is 38.2 Å². The molecule has 2 heterocycles. The summed E-state index contributed by atoms with van der Waals surface area (Å²) >= 11 is 1.34. The van der Waals surface area contributed by atoms with E-state index in [9.17, 15) is 4.79 Å². The molecule has 0 radical (unpaired) electrons. The van der Waals surface area contributed by atoms with Gasteiger partial charge in [-0.15, -0.1) is 5.10 Å².